The van der Waals surface area contributed by atoms with Crippen LogP contribution in [-0.2, 0) is 6.54 Å². The summed E-state index contributed by atoms with van der Waals surface area (Å²) in [6.45, 7) is 9.87. The van der Waals surface area contributed by atoms with Gasteiger partial charge in [0.05, 0.1) is 0 Å². The molecule has 0 heterocycles. The minimum atomic E-state index is 0.485. The molecule has 1 N–H and O–H groups in total. The number of para-hydroxylation sites is 1. The van der Waals surface area contributed by atoms with Crippen molar-refractivity contribution < 1.29 is 4.74 Å². The minimum Gasteiger partial charge on any atom is -0.489 e. The lowest BCUT2D eigenvalue weighted by molar-refractivity contribution is 0.354. The molecular weight excluding hydrogens is 210 g/mol. The maximum atomic E-state index is 5.81. The maximum Gasteiger partial charge on any atom is 0.127 e. The molecule has 0 bridgehead atoms. The van der Waals surface area contributed by atoms with E-state index >= 15 is 0 Å². The molecule has 0 atom stereocenters. The zero-order chi connectivity index (χ0) is 12.7. The van der Waals surface area contributed by atoms with Crippen molar-refractivity contribution in [2.24, 2.45) is 0 Å². The van der Waals surface area contributed by atoms with Crippen LogP contribution < -0.4 is 10.1 Å². The number of benzene rings is 1. The van der Waals surface area contributed by atoms with Gasteiger partial charge in [0.2, 0.25) is 0 Å². The van der Waals surface area contributed by atoms with Crippen LogP contribution in [0.15, 0.2) is 30.4 Å². The van der Waals surface area contributed by atoms with Crippen LogP contribution in [-0.4, -0.2) is 12.6 Å². The summed E-state index contributed by atoms with van der Waals surface area (Å²) in [5.74, 6) is 1.01. The molecule has 0 unspecified atom stereocenters. The molecule has 94 valence electrons. The molecule has 0 fully saturated rings. The number of hydrogen-bond acceptors (Lipinski definition) is 2. The second kappa shape index (κ2) is 7.13. The van der Waals surface area contributed by atoms with Gasteiger partial charge in [-0.1, -0.05) is 44.2 Å². The molecule has 0 radical (unpaired) electrons. The van der Waals surface area contributed by atoms with Crippen LogP contribution in [0.5, 0.6) is 5.75 Å². The first-order valence-corrected chi connectivity index (χ1v) is 6.21. The van der Waals surface area contributed by atoms with Crippen molar-refractivity contribution in [3.05, 3.63) is 41.5 Å². The molecule has 1 rings (SSSR count). The average Bonchev–Trinajstić information content (AvgIpc) is 2.29. The van der Waals surface area contributed by atoms with Crippen molar-refractivity contribution in [1.82, 2.24) is 5.32 Å². The fourth-order valence-corrected chi connectivity index (χ4v) is 1.60. The van der Waals surface area contributed by atoms with E-state index in [1.54, 1.807) is 0 Å². The number of allylic oxidation sites excluding steroid dienone is 1. The fraction of sp³-hybridized carbons (Fsp3) is 0.467. The number of nitrogens with one attached hydrogen (secondary N) is 1. The third kappa shape index (κ3) is 4.61. The molecule has 0 aliphatic heterocycles. The van der Waals surface area contributed by atoms with Crippen LogP contribution in [0.3, 0.4) is 0 Å². The molecule has 0 amide bonds. The molecule has 0 saturated carbocycles. The summed E-state index contributed by atoms with van der Waals surface area (Å²) in [6.07, 6.45) is 4.02. The molecule has 1 aromatic rings. The summed E-state index contributed by atoms with van der Waals surface area (Å²) < 4.78 is 5.81. The van der Waals surface area contributed by atoms with Crippen LogP contribution in [0.2, 0.25) is 0 Å². The van der Waals surface area contributed by atoms with Crippen molar-refractivity contribution in [3.63, 3.8) is 0 Å². The van der Waals surface area contributed by atoms with Gasteiger partial charge in [0, 0.05) is 18.2 Å². The molecule has 0 aromatic heterocycles. The first-order chi connectivity index (χ1) is 8.15. The van der Waals surface area contributed by atoms with Crippen LogP contribution in [0.4, 0.5) is 0 Å². The summed E-state index contributed by atoms with van der Waals surface area (Å²) in [7, 11) is 0. The molecule has 2 heteroatoms. The van der Waals surface area contributed by atoms with E-state index in [4.69, 9.17) is 4.74 Å². The molecule has 0 saturated heterocycles. The van der Waals surface area contributed by atoms with Crippen molar-refractivity contribution >= 4 is 0 Å². The third-order valence-corrected chi connectivity index (χ3v) is 2.55. The Labute approximate surface area is 105 Å². The van der Waals surface area contributed by atoms with E-state index in [0.29, 0.717) is 12.6 Å². The van der Waals surface area contributed by atoms with Gasteiger partial charge in [-0.3, -0.25) is 0 Å². The zero-order valence-electron chi connectivity index (χ0n) is 11.3. The van der Waals surface area contributed by atoms with Gasteiger partial charge < -0.3 is 10.1 Å². The lowest BCUT2D eigenvalue weighted by atomic mass is 10.1. The summed E-state index contributed by atoms with van der Waals surface area (Å²) in [4.78, 5) is 0. The summed E-state index contributed by atoms with van der Waals surface area (Å²) in [6, 6.07) is 6.77. The lowest BCUT2D eigenvalue weighted by Gasteiger charge is -2.15. The van der Waals surface area contributed by atoms with Gasteiger partial charge in [-0.05, 0) is 19.4 Å². The molecule has 17 heavy (non-hydrogen) atoms. The lowest BCUT2D eigenvalue weighted by Crippen LogP contribution is -2.22. The number of rotatable bonds is 6. The van der Waals surface area contributed by atoms with Gasteiger partial charge in [0.15, 0.2) is 0 Å². The summed E-state index contributed by atoms with van der Waals surface area (Å²) in [5, 5.41) is 3.42. The topological polar surface area (TPSA) is 21.3 Å². The molecule has 1 aromatic carbocycles. The first kappa shape index (κ1) is 13.8. The van der Waals surface area contributed by atoms with E-state index < -0.39 is 0 Å². The largest absolute Gasteiger partial charge is 0.489 e. The monoisotopic (exact) mass is 233 g/mol. The quantitative estimate of drug-likeness (QED) is 0.760. The Hall–Kier alpha value is -1.28. The van der Waals surface area contributed by atoms with Crippen molar-refractivity contribution in [2.75, 3.05) is 6.61 Å². The predicted molar refractivity (Wildman–Crippen MR) is 73.5 cm³/mol. The average molecular weight is 233 g/mol. The Morgan fingerprint density at radius 1 is 1.35 bits per heavy atom. The molecule has 0 aliphatic rings. The maximum absolute atomic E-state index is 5.81. The smallest absolute Gasteiger partial charge is 0.127 e. The highest BCUT2D eigenvalue weighted by molar-refractivity contribution is 5.40. The van der Waals surface area contributed by atoms with Crippen LogP contribution in [0.25, 0.3) is 0 Å². The van der Waals surface area contributed by atoms with E-state index in [2.05, 4.69) is 44.3 Å². The Morgan fingerprint density at radius 3 is 2.76 bits per heavy atom. The second-order valence-corrected chi connectivity index (χ2v) is 4.48. The highest BCUT2D eigenvalue weighted by Crippen LogP contribution is 2.23. The summed E-state index contributed by atoms with van der Waals surface area (Å²) in [5.41, 5.74) is 2.42. The highest BCUT2D eigenvalue weighted by atomic mass is 16.5. The third-order valence-electron chi connectivity index (χ3n) is 2.55. The van der Waals surface area contributed by atoms with E-state index in [1.807, 2.05) is 19.1 Å². The van der Waals surface area contributed by atoms with Gasteiger partial charge in [-0.15, -0.1) is 0 Å². The standard InChI is InChI=1S/C15H23NO/c1-5-6-10-17-15-13(4)8-7-9-14(15)11-16-12(2)3/h5-9,12,16H,10-11H2,1-4H3/b6-5+. The van der Waals surface area contributed by atoms with E-state index in [9.17, 15) is 0 Å². The molecular formula is C15H23NO. The number of hydrogen-bond donors (Lipinski definition) is 1. The second-order valence-electron chi connectivity index (χ2n) is 4.48. The molecule has 2 nitrogen and oxygen atoms in total. The number of aryl methyl sites for hydroxylation is 1. The molecule has 0 aliphatic carbocycles. The Balaban J connectivity index is 2.76. The van der Waals surface area contributed by atoms with Gasteiger partial charge in [0.1, 0.15) is 12.4 Å². The fourth-order valence-electron chi connectivity index (χ4n) is 1.60. The van der Waals surface area contributed by atoms with Gasteiger partial charge in [-0.2, -0.15) is 0 Å². The van der Waals surface area contributed by atoms with Crippen molar-refractivity contribution in [1.29, 1.82) is 0 Å². The van der Waals surface area contributed by atoms with E-state index in [-0.39, 0.29) is 0 Å². The normalized spacial score (nSPS) is 11.4. The Morgan fingerprint density at radius 2 is 2.12 bits per heavy atom. The summed E-state index contributed by atoms with van der Waals surface area (Å²) >= 11 is 0. The van der Waals surface area contributed by atoms with Crippen LogP contribution >= 0.6 is 0 Å². The van der Waals surface area contributed by atoms with Crippen molar-refractivity contribution in [3.8, 4) is 5.75 Å². The van der Waals surface area contributed by atoms with Gasteiger partial charge in [-0.25, -0.2) is 0 Å². The number of ether oxygens (including phenoxy) is 1. The first-order valence-electron chi connectivity index (χ1n) is 6.21. The van der Waals surface area contributed by atoms with Gasteiger partial charge in [0.25, 0.3) is 0 Å². The zero-order valence-corrected chi connectivity index (χ0v) is 11.3. The van der Waals surface area contributed by atoms with Crippen molar-refractivity contribution in [2.45, 2.75) is 40.3 Å². The molecule has 0 spiro atoms. The van der Waals surface area contributed by atoms with Crippen LogP contribution in [0.1, 0.15) is 31.9 Å². The van der Waals surface area contributed by atoms with E-state index in [0.717, 1.165) is 12.3 Å². The Kier molecular flexibility index (Phi) is 5.78. The Bertz CT molecular complexity index is 369. The minimum absolute atomic E-state index is 0.485. The van der Waals surface area contributed by atoms with Crippen LogP contribution in [0, 0.1) is 6.92 Å². The van der Waals surface area contributed by atoms with E-state index in [1.165, 1.54) is 11.1 Å². The predicted octanol–water partition coefficient (Wildman–Crippen LogP) is 3.45. The SMILES string of the molecule is C/C=C/COc1c(C)cccc1CNC(C)C. The van der Waals surface area contributed by atoms with Gasteiger partial charge >= 0.3 is 0 Å². The highest BCUT2D eigenvalue weighted by Gasteiger charge is 2.06.